The summed E-state index contributed by atoms with van der Waals surface area (Å²) in [6, 6.07) is 16.2. The van der Waals surface area contributed by atoms with Crippen molar-refractivity contribution in [2.24, 2.45) is 0 Å². The Balaban J connectivity index is 1.47. The summed E-state index contributed by atoms with van der Waals surface area (Å²) in [6.07, 6.45) is 0.845. The summed E-state index contributed by atoms with van der Waals surface area (Å²) >= 11 is 0. The van der Waals surface area contributed by atoms with E-state index in [1.54, 1.807) is 7.05 Å². The minimum Gasteiger partial charge on any atom is -0.335 e. The highest BCUT2D eigenvalue weighted by atomic mass is 16.2. The Morgan fingerprint density at radius 3 is 2.47 bits per heavy atom. The number of anilines is 1. The van der Waals surface area contributed by atoms with Crippen LogP contribution in [0.2, 0.25) is 0 Å². The van der Waals surface area contributed by atoms with E-state index in [0.29, 0.717) is 0 Å². The van der Waals surface area contributed by atoms with E-state index in [9.17, 15) is 9.59 Å². The molecule has 0 radical (unpaired) electrons. The van der Waals surface area contributed by atoms with E-state index in [0.717, 1.165) is 50.4 Å². The van der Waals surface area contributed by atoms with Crippen LogP contribution in [-0.2, 0) is 22.6 Å². The van der Waals surface area contributed by atoms with Gasteiger partial charge in [0.2, 0.25) is 11.8 Å². The summed E-state index contributed by atoms with van der Waals surface area (Å²) in [5.74, 6) is -0.187. The standard InChI is InChI=1S/C26H36N4O2/c1-5-23-11-6-7-12-24(23)27-25(31)19-28(4)26(32)21(3)30-15-13-29(14-16-30)18-22-10-8-9-20(2)17-22/h6-12,17,21H,5,13-16,18-19H2,1-4H3,(H,27,31). The molecule has 1 fully saturated rings. The smallest absolute Gasteiger partial charge is 0.243 e. The Labute approximate surface area is 192 Å². The summed E-state index contributed by atoms with van der Waals surface area (Å²) in [4.78, 5) is 31.7. The first-order valence-corrected chi connectivity index (χ1v) is 11.5. The van der Waals surface area contributed by atoms with Crippen LogP contribution in [-0.4, -0.2) is 72.3 Å². The molecule has 1 N–H and O–H groups in total. The zero-order valence-corrected chi connectivity index (χ0v) is 19.8. The average Bonchev–Trinajstić information content (AvgIpc) is 2.79. The molecule has 1 aliphatic heterocycles. The first-order valence-electron chi connectivity index (χ1n) is 11.5. The van der Waals surface area contributed by atoms with Gasteiger partial charge in [-0.05, 0) is 37.5 Å². The Morgan fingerprint density at radius 2 is 1.78 bits per heavy atom. The fourth-order valence-corrected chi connectivity index (χ4v) is 4.29. The number of amides is 2. The van der Waals surface area contributed by atoms with Gasteiger partial charge < -0.3 is 10.2 Å². The van der Waals surface area contributed by atoms with Gasteiger partial charge in [0.25, 0.3) is 0 Å². The molecule has 0 saturated carbocycles. The molecule has 2 amide bonds. The van der Waals surface area contributed by atoms with E-state index in [4.69, 9.17) is 0 Å². The number of carbonyl (C=O) groups is 2. The average molecular weight is 437 g/mol. The van der Waals surface area contributed by atoms with E-state index in [1.807, 2.05) is 31.2 Å². The predicted octanol–water partition coefficient (Wildman–Crippen LogP) is 3.16. The van der Waals surface area contributed by atoms with Gasteiger partial charge in [0, 0.05) is 45.5 Å². The summed E-state index contributed by atoms with van der Waals surface area (Å²) in [7, 11) is 1.71. The lowest BCUT2D eigenvalue weighted by Crippen LogP contribution is -2.54. The number of carbonyl (C=O) groups excluding carboxylic acids is 2. The minimum atomic E-state index is -0.239. The quantitative estimate of drug-likeness (QED) is 0.691. The molecule has 0 spiro atoms. The maximum absolute atomic E-state index is 13.0. The first kappa shape index (κ1) is 24.0. The lowest BCUT2D eigenvalue weighted by atomic mass is 10.1. The number of likely N-dealkylation sites (N-methyl/N-ethyl adjacent to an activating group) is 1. The molecule has 1 atom stereocenters. The van der Waals surface area contributed by atoms with Crippen LogP contribution in [0.25, 0.3) is 0 Å². The molecule has 0 aliphatic carbocycles. The molecule has 172 valence electrons. The molecule has 2 aromatic rings. The van der Waals surface area contributed by atoms with Crippen LogP contribution in [0, 0.1) is 6.92 Å². The van der Waals surface area contributed by atoms with Crippen molar-refractivity contribution in [3.63, 3.8) is 0 Å². The highest BCUT2D eigenvalue weighted by molar-refractivity contribution is 5.95. The fraction of sp³-hybridized carbons (Fsp3) is 0.462. The van der Waals surface area contributed by atoms with Crippen molar-refractivity contribution in [2.75, 3.05) is 45.1 Å². The molecule has 0 bridgehead atoms. The van der Waals surface area contributed by atoms with Crippen LogP contribution >= 0.6 is 0 Å². The van der Waals surface area contributed by atoms with Gasteiger partial charge in [0.15, 0.2) is 0 Å². The van der Waals surface area contributed by atoms with E-state index < -0.39 is 0 Å². The third-order valence-corrected chi connectivity index (χ3v) is 6.23. The normalized spacial score (nSPS) is 15.9. The highest BCUT2D eigenvalue weighted by Gasteiger charge is 2.28. The number of aryl methyl sites for hydroxylation is 2. The van der Waals surface area contributed by atoms with Crippen LogP contribution in [0.1, 0.15) is 30.5 Å². The second-order valence-corrected chi connectivity index (χ2v) is 8.73. The zero-order valence-electron chi connectivity index (χ0n) is 19.8. The van der Waals surface area contributed by atoms with Gasteiger partial charge >= 0.3 is 0 Å². The molecular weight excluding hydrogens is 400 g/mol. The molecular formula is C26H36N4O2. The molecule has 6 nitrogen and oxygen atoms in total. The van der Waals surface area contributed by atoms with Crippen LogP contribution in [0.4, 0.5) is 5.69 Å². The largest absolute Gasteiger partial charge is 0.335 e. The summed E-state index contributed by atoms with van der Waals surface area (Å²) < 4.78 is 0. The van der Waals surface area contributed by atoms with Crippen LogP contribution in [0.5, 0.6) is 0 Å². The lowest BCUT2D eigenvalue weighted by Gasteiger charge is -2.38. The van der Waals surface area contributed by atoms with Crippen molar-refractivity contribution in [1.29, 1.82) is 0 Å². The number of nitrogens with zero attached hydrogens (tertiary/aromatic N) is 3. The Bertz CT molecular complexity index is 922. The second-order valence-electron chi connectivity index (χ2n) is 8.73. The third kappa shape index (κ3) is 6.40. The topological polar surface area (TPSA) is 55.9 Å². The molecule has 2 aromatic carbocycles. The van der Waals surface area contributed by atoms with Crippen molar-refractivity contribution in [1.82, 2.24) is 14.7 Å². The van der Waals surface area contributed by atoms with E-state index in [-0.39, 0.29) is 24.4 Å². The molecule has 32 heavy (non-hydrogen) atoms. The number of piperazine rings is 1. The molecule has 0 aromatic heterocycles. The number of hydrogen-bond donors (Lipinski definition) is 1. The van der Waals surface area contributed by atoms with Gasteiger partial charge in [-0.3, -0.25) is 19.4 Å². The molecule has 1 unspecified atom stereocenters. The zero-order chi connectivity index (χ0) is 23.1. The Kier molecular flexibility index (Phi) is 8.42. The van der Waals surface area contributed by atoms with Gasteiger partial charge in [-0.2, -0.15) is 0 Å². The monoisotopic (exact) mass is 436 g/mol. The SMILES string of the molecule is CCc1ccccc1NC(=O)CN(C)C(=O)C(C)N1CCN(Cc2cccc(C)c2)CC1. The van der Waals surface area contributed by atoms with E-state index in [1.165, 1.54) is 16.0 Å². The van der Waals surface area contributed by atoms with Crippen molar-refractivity contribution >= 4 is 17.5 Å². The van der Waals surface area contributed by atoms with E-state index >= 15 is 0 Å². The molecule has 6 heteroatoms. The van der Waals surface area contributed by atoms with E-state index in [2.05, 4.69) is 53.2 Å². The van der Waals surface area contributed by atoms with Gasteiger partial charge in [-0.1, -0.05) is 55.0 Å². The summed E-state index contributed by atoms with van der Waals surface area (Å²) in [6.45, 7) is 10.7. The number of para-hydroxylation sites is 1. The van der Waals surface area contributed by atoms with Crippen molar-refractivity contribution < 1.29 is 9.59 Å². The number of benzene rings is 2. The number of nitrogens with one attached hydrogen (secondary N) is 1. The fourth-order valence-electron chi connectivity index (χ4n) is 4.29. The van der Waals surface area contributed by atoms with Gasteiger partial charge in [-0.15, -0.1) is 0 Å². The molecule has 3 rings (SSSR count). The maximum Gasteiger partial charge on any atom is 0.243 e. The van der Waals surface area contributed by atoms with Crippen molar-refractivity contribution in [2.45, 2.75) is 39.8 Å². The first-order chi connectivity index (χ1) is 15.4. The Morgan fingerprint density at radius 1 is 1.06 bits per heavy atom. The van der Waals surface area contributed by atoms with Crippen molar-refractivity contribution in [3.8, 4) is 0 Å². The van der Waals surface area contributed by atoms with Gasteiger partial charge in [0.1, 0.15) is 0 Å². The number of hydrogen-bond acceptors (Lipinski definition) is 4. The molecule has 1 heterocycles. The number of rotatable bonds is 8. The Hall–Kier alpha value is -2.70. The van der Waals surface area contributed by atoms with Crippen LogP contribution in [0.15, 0.2) is 48.5 Å². The second kappa shape index (κ2) is 11.2. The minimum absolute atomic E-state index is 0.0175. The maximum atomic E-state index is 13.0. The van der Waals surface area contributed by atoms with Gasteiger partial charge in [0.05, 0.1) is 12.6 Å². The van der Waals surface area contributed by atoms with Gasteiger partial charge in [-0.25, -0.2) is 0 Å². The third-order valence-electron chi connectivity index (χ3n) is 6.23. The lowest BCUT2D eigenvalue weighted by molar-refractivity contribution is -0.138. The molecule has 1 aliphatic rings. The predicted molar refractivity (Wildman–Crippen MR) is 130 cm³/mol. The summed E-state index contributed by atoms with van der Waals surface area (Å²) in [5.41, 5.74) is 4.52. The highest BCUT2D eigenvalue weighted by Crippen LogP contribution is 2.16. The van der Waals surface area contributed by atoms with Crippen LogP contribution < -0.4 is 5.32 Å². The summed E-state index contributed by atoms with van der Waals surface area (Å²) in [5, 5.41) is 2.95. The molecule has 1 saturated heterocycles. The van der Waals surface area contributed by atoms with Crippen LogP contribution in [0.3, 0.4) is 0 Å². The van der Waals surface area contributed by atoms with Crippen molar-refractivity contribution in [3.05, 3.63) is 65.2 Å².